The van der Waals surface area contributed by atoms with Crippen molar-refractivity contribution in [2.45, 2.75) is 56.8 Å². The number of amides is 2. The first-order valence-electron chi connectivity index (χ1n) is 15.6. The number of anilines is 2. The van der Waals surface area contributed by atoms with Crippen LogP contribution in [0.2, 0.25) is 0 Å². The highest BCUT2D eigenvalue weighted by molar-refractivity contribution is 6.03. The molecule has 7 rings (SSSR count). The van der Waals surface area contributed by atoms with Gasteiger partial charge in [0.1, 0.15) is 23.5 Å². The molecule has 3 aliphatic rings. The Hall–Kier alpha value is -4.61. The first-order chi connectivity index (χ1) is 21.9. The number of carbonyl (C=O) groups excluding carboxylic acids is 2. The van der Waals surface area contributed by atoms with Crippen LogP contribution in [-0.2, 0) is 16.1 Å². The standard InChI is InChI=1S/C34H38N8O3/c1-3-30(43)40-34(2)12-4-14-41(20-34)17-22-11-13-35-29(15-22)33(44)38-24-7-5-23(6-8-24)28-16-27-31(39-28)36-21-37-32(27)42-25-9-10-26(42)19-45-18-25/h3,5-8,11,13,15-16,21,25-26H,1,4,9-10,12,14,17-20H2,2H3,(H,38,44)(H,40,43)(H,36,37,39)/t25?,26?,34-/m1/s1. The van der Waals surface area contributed by atoms with Crippen molar-refractivity contribution < 1.29 is 14.3 Å². The third-order valence-corrected chi connectivity index (χ3v) is 9.19. The Bertz CT molecular complexity index is 1720. The zero-order chi connectivity index (χ0) is 31.0. The number of pyridine rings is 1. The number of H-pyrrole nitrogens is 1. The number of aromatic nitrogens is 4. The molecule has 232 valence electrons. The monoisotopic (exact) mass is 606 g/mol. The number of aromatic amines is 1. The normalized spacial score (nSPS) is 23.2. The van der Waals surface area contributed by atoms with E-state index in [1.165, 1.54) is 6.08 Å². The van der Waals surface area contributed by atoms with E-state index in [0.717, 1.165) is 85.7 Å². The fraction of sp³-hybridized carbons (Fsp3) is 0.382. The predicted octanol–water partition coefficient (Wildman–Crippen LogP) is 4.30. The number of rotatable bonds is 8. The number of fused-ring (bicyclic) bond motifs is 3. The average molecular weight is 607 g/mol. The third kappa shape index (κ3) is 6.05. The summed E-state index contributed by atoms with van der Waals surface area (Å²) < 4.78 is 5.78. The fourth-order valence-electron chi connectivity index (χ4n) is 7.08. The molecule has 1 aromatic carbocycles. The van der Waals surface area contributed by atoms with Gasteiger partial charge in [-0.1, -0.05) is 18.7 Å². The molecule has 3 aromatic heterocycles. The number of nitrogens with zero attached hydrogens (tertiary/aromatic N) is 5. The molecule has 0 saturated carbocycles. The van der Waals surface area contributed by atoms with Gasteiger partial charge in [-0.2, -0.15) is 0 Å². The van der Waals surface area contributed by atoms with E-state index < -0.39 is 0 Å². The minimum Gasteiger partial charge on any atom is -0.377 e. The van der Waals surface area contributed by atoms with Gasteiger partial charge >= 0.3 is 0 Å². The number of nitrogens with one attached hydrogen (secondary N) is 3. The molecular weight excluding hydrogens is 568 g/mol. The van der Waals surface area contributed by atoms with Gasteiger partial charge in [0, 0.05) is 30.7 Å². The van der Waals surface area contributed by atoms with Crippen molar-refractivity contribution in [1.29, 1.82) is 0 Å². The quantitative estimate of drug-likeness (QED) is 0.254. The minimum absolute atomic E-state index is 0.157. The van der Waals surface area contributed by atoms with Crippen molar-refractivity contribution in [2.75, 3.05) is 36.5 Å². The van der Waals surface area contributed by atoms with E-state index in [1.807, 2.05) is 36.4 Å². The molecule has 3 atom stereocenters. The van der Waals surface area contributed by atoms with Gasteiger partial charge in [0.15, 0.2) is 0 Å². The second-order valence-corrected chi connectivity index (χ2v) is 12.6. The van der Waals surface area contributed by atoms with Crippen LogP contribution in [0.1, 0.15) is 48.7 Å². The Balaban J connectivity index is 1.01. The summed E-state index contributed by atoms with van der Waals surface area (Å²) in [5, 5.41) is 7.06. The van der Waals surface area contributed by atoms with Crippen LogP contribution in [0.5, 0.6) is 0 Å². The summed E-state index contributed by atoms with van der Waals surface area (Å²) in [6.45, 7) is 9.42. The lowest BCUT2D eigenvalue weighted by Gasteiger charge is -2.41. The number of piperidine rings is 1. The molecule has 11 nitrogen and oxygen atoms in total. The van der Waals surface area contributed by atoms with Crippen molar-refractivity contribution in [3.8, 4) is 11.3 Å². The highest BCUT2D eigenvalue weighted by atomic mass is 16.5. The summed E-state index contributed by atoms with van der Waals surface area (Å²) in [6.07, 6.45) is 8.74. The highest BCUT2D eigenvalue weighted by Crippen LogP contribution is 2.37. The molecule has 3 fully saturated rings. The van der Waals surface area contributed by atoms with Gasteiger partial charge in [-0.15, -0.1) is 0 Å². The van der Waals surface area contributed by atoms with E-state index >= 15 is 0 Å². The van der Waals surface area contributed by atoms with Crippen LogP contribution in [0.15, 0.2) is 67.6 Å². The number of benzene rings is 1. The molecule has 2 bridgehead atoms. The molecule has 3 N–H and O–H groups in total. The molecule has 11 heteroatoms. The molecule has 4 aromatic rings. The van der Waals surface area contributed by atoms with Crippen molar-refractivity contribution in [3.63, 3.8) is 0 Å². The van der Waals surface area contributed by atoms with Gasteiger partial charge in [-0.3, -0.25) is 19.5 Å². The first kappa shape index (κ1) is 29.1. The maximum Gasteiger partial charge on any atom is 0.274 e. The lowest BCUT2D eigenvalue weighted by atomic mass is 9.90. The second kappa shape index (κ2) is 12.1. The van der Waals surface area contributed by atoms with E-state index in [0.29, 0.717) is 30.0 Å². The number of ether oxygens (including phenoxy) is 1. The van der Waals surface area contributed by atoms with Gasteiger partial charge < -0.3 is 25.3 Å². The maximum atomic E-state index is 13.2. The largest absolute Gasteiger partial charge is 0.377 e. The summed E-state index contributed by atoms with van der Waals surface area (Å²) in [5.41, 5.74) is 4.46. The molecule has 2 unspecified atom stereocenters. The van der Waals surface area contributed by atoms with Crippen LogP contribution in [-0.4, -0.2) is 80.6 Å². The summed E-state index contributed by atoms with van der Waals surface area (Å²) in [5.74, 6) is 0.540. The molecule has 0 radical (unpaired) electrons. The lowest BCUT2D eigenvalue weighted by molar-refractivity contribution is -0.118. The number of hydrogen-bond acceptors (Lipinski definition) is 8. The number of likely N-dealkylation sites (tertiary alicyclic amines) is 1. The van der Waals surface area contributed by atoms with Crippen LogP contribution >= 0.6 is 0 Å². The molecule has 3 aliphatic heterocycles. The SMILES string of the molecule is C=CC(=O)N[C@]1(C)CCCN(Cc2ccnc(C(=O)Nc3ccc(-c4cc5c(N6C7CCC6COC7)ncnc5[nH]4)cc3)c2)C1. The van der Waals surface area contributed by atoms with Crippen molar-refractivity contribution in [3.05, 3.63) is 78.9 Å². The van der Waals surface area contributed by atoms with Gasteiger partial charge in [-0.25, -0.2) is 9.97 Å². The first-order valence-corrected chi connectivity index (χ1v) is 15.6. The Morgan fingerprint density at radius 3 is 2.69 bits per heavy atom. The Morgan fingerprint density at radius 1 is 1.11 bits per heavy atom. The second-order valence-electron chi connectivity index (χ2n) is 12.6. The molecule has 0 spiro atoms. The summed E-state index contributed by atoms with van der Waals surface area (Å²) in [7, 11) is 0. The van der Waals surface area contributed by atoms with E-state index in [-0.39, 0.29) is 17.4 Å². The lowest BCUT2D eigenvalue weighted by Crippen LogP contribution is -2.56. The maximum absolute atomic E-state index is 13.2. The van der Waals surface area contributed by atoms with Gasteiger partial charge in [0.05, 0.1) is 36.2 Å². The van der Waals surface area contributed by atoms with Crippen LogP contribution in [0.25, 0.3) is 22.3 Å². The molecular formula is C34H38N8O3. The Labute approximate surface area is 262 Å². The smallest absolute Gasteiger partial charge is 0.274 e. The Morgan fingerprint density at radius 2 is 1.91 bits per heavy atom. The van der Waals surface area contributed by atoms with Crippen LogP contribution in [0.4, 0.5) is 11.5 Å². The van der Waals surface area contributed by atoms with Crippen molar-refractivity contribution in [1.82, 2.24) is 30.2 Å². The van der Waals surface area contributed by atoms with Crippen LogP contribution in [0.3, 0.4) is 0 Å². The molecule has 2 amide bonds. The van der Waals surface area contributed by atoms with Crippen LogP contribution in [0, 0.1) is 0 Å². The molecule has 0 aliphatic carbocycles. The predicted molar refractivity (Wildman–Crippen MR) is 173 cm³/mol. The summed E-state index contributed by atoms with van der Waals surface area (Å²) in [4.78, 5) is 46.7. The van der Waals surface area contributed by atoms with E-state index in [4.69, 9.17) is 4.74 Å². The molecule has 45 heavy (non-hydrogen) atoms. The zero-order valence-corrected chi connectivity index (χ0v) is 25.5. The summed E-state index contributed by atoms with van der Waals surface area (Å²) >= 11 is 0. The average Bonchev–Trinajstić information content (AvgIpc) is 3.58. The highest BCUT2D eigenvalue weighted by Gasteiger charge is 2.39. The molecule has 6 heterocycles. The summed E-state index contributed by atoms with van der Waals surface area (Å²) in [6, 6.07) is 14.3. The number of hydrogen-bond donors (Lipinski definition) is 3. The van der Waals surface area contributed by atoms with E-state index in [2.05, 4.69) is 59.9 Å². The fourth-order valence-corrected chi connectivity index (χ4v) is 7.08. The Kier molecular flexibility index (Phi) is 7.80. The minimum atomic E-state index is -0.312. The topological polar surface area (TPSA) is 128 Å². The van der Waals surface area contributed by atoms with E-state index in [1.54, 1.807) is 12.5 Å². The number of morpholine rings is 1. The van der Waals surface area contributed by atoms with Crippen LogP contribution < -0.4 is 15.5 Å². The third-order valence-electron chi connectivity index (χ3n) is 9.19. The van der Waals surface area contributed by atoms with Gasteiger partial charge in [-0.05, 0) is 86.7 Å². The zero-order valence-electron chi connectivity index (χ0n) is 25.5. The number of carbonyl (C=O) groups is 2. The van der Waals surface area contributed by atoms with Gasteiger partial charge in [0.2, 0.25) is 5.91 Å². The van der Waals surface area contributed by atoms with E-state index in [9.17, 15) is 9.59 Å². The van der Waals surface area contributed by atoms with Crippen molar-refractivity contribution in [2.24, 2.45) is 0 Å². The van der Waals surface area contributed by atoms with Crippen molar-refractivity contribution >= 4 is 34.4 Å². The molecule has 3 saturated heterocycles. The van der Waals surface area contributed by atoms with Gasteiger partial charge in [0.25, 0.3) is 5.91 Å².